The molecule has 0 radical (unpaired) electrons. The van der Waals surface area contributed by atoms with Gasteiger partial charge in [0.2, 0.25) is 0 Å². The maximum absolute atomic E-state index is 12.8. The molecule has 0 aromatic heterocycles. The molecule has 150 valence electrons. The summed E-state index contributed by atoms with van der Waals surface area (Å²) in [7, 11) is 0. The lowest BCUT2D eigenvalue weighted by Gasteiger charge is -2.20. The Labute approximate surface area is 167 Å². The normalized spacial score (nSPS) is 29.2. The van der Waals surface area contributed by atoms with Gasteiger partial charge in [-0.15, -0.1) is 0 Å². The monoisotopic (exact) mass is 382 g/mol. The Kier molecular flexibility index (Phi) is 5.40. The smallest absolute Gasteiger partial charge is 0.300 e. The van der Waals surface area contributed by atoms with E-state index in [9.17, 15) is 4.79 Å². The lowest BCUT2D eigenvalue weighted by molar-refractivity contribution is -0.122. The molecule has 4 rings (SSSR count). The Hall–Kier alpha value is -2.34. The zero-order chi connectivity index (χ0) is 19.7. The molecule has 2 bridgehead atoms. The van der Waals surface area contributed by atoms with E-state index in [0.29, 0.717) is 24.2 Å². The predicted octanol–water partition coefficient (Wildman–Crippen LogP) is 2.81. The van der Waals surface area contributed by atoms with Gasteiger partial charge in [-0.25, -0.2) is 4.99 Å². The van der Waals surface area contributed by atoms with E-state index in [1.54, 1.807) is 4.90 Å². The second-order valence-corrected chi connectivity index (χ2v) is 7.71. The highest BCUT2D eigenvalue weighted by Crippen LogP contribution is 2.31. The molecule has 1 aromatic carbocycles. The van der Waals surface area contributed by atoms with E-state index in [-0.39, 0.29) is 11.9 Å². The van der Waals surface area contributed by atoms with Crippen molar-refractivity contribution in [2.75, 3.05) is 44.2 Å². The first-order valence-corrected chi connectivity index (χ1v) is 10.5. The minimum absolute atomic E-state index is 0.0995. The maximum Gasteiger partial charge on any atom is 0.300 e. The van der Waals surface area contributed by atoms with Crippen LogP contribution in [0, 0.1) is 5.92 Å². The van der Waals surface area contributed by atoms with Crippen LogP contribution in [0.15, 0.2) is 35.0 Å². The minimum Gasteiger partial charge on any atom is -0.420 e. The van der Waals surface area contributed by atoms with E-state index in [2.05, 4.69) is 35.8 Å². The fraction of sp³-hybridized carbons (Fsp3) is 0.545. The number of amidine groups is 1. The Bertz CT molecular complexity index is 782. The molecule has 0 aliphatic carbocycles. The fourth-order valence-electron chi connectivity index (χ4n) is 4.45. The third-order valence-corrected chi connectivity index (χ3v) is 6.10. The van der Waals surface area contributed by atoms with Crippen LogP contribution in [0.25, 0.3) is 6.08 Å². The quantitative estimate of drug-likeness (QED) is 0.710. The summed E-state index contributed by atoms with van der Waals surface area (Å²) in [6, 6.07) is 8.97. The molecule has 6 nitrogen and oxygen atoms in total. The predicted molar refractivity (Wildman–Crippen MR) is 112 cm³/mol. The fourth-order valence-corrected chi connectivity index (χ4v) is 4.45. The van der Waals surface area contributed by atoms with Crippen LogP contribution in [0.4, 0.5) is 5.69 Å². The number of fused-ring (bicyclic) bond motifs is 2. The summed E-state index contributed by atoms with van der Waals surface area (Å²) >= 11 is 0. The number of piperidine rings is 1. The van der Waals surface area contributed by atoms with Gasteiger partial charge in [-0.2, -0.15) is 0 Å². The van der Waals surface area contributed by atoms with E-state index in [4.69, 9.17) is 9.73 Å². The van der Waals surface area contributed by atoms with E-state index in [1.807, 2.05) is 25.1 Å². The molecule has 0 spiro atoms. The zero-order valence-corrected chi connectivity index (χ0v) is 17.1. The highest BCUT2D eigenvalue weighted by molar-refractivity contribution is 6.11. The van der Waals surface area contributed by atoms with Crippen LogP contribution in [0.3, 0.4) is 0 Å². The lowest BCUT2D eigenvalue weighted by atomic mass is 10.0. The first-order valence-electron chi connectivity index (χ1n) is 10.5. The van der Waals surface area contributed by atoms with Crippen molar-refractivity contribution in [1.82, 2.24) is 9.80 Å². The molecule has 0 N–H and O–H groups in total. The van der Waals surface area contributed by atoms with Crippen molar-refractivity contribution in [3.05, 3.63) is 35.6 Å². The average Bonchev–Trinajstić information content (AvgIpc) is 3.40. The highest BCUT2D eigenvalue weighted by atomic mass is 16.5. The van der Waals surface area contributed by atoms with Crippen molar-refractivity contribution in [1.29, 1.82) is 0 Å². The summed E-state index contributed by atoms with van der Waals surface area (Å²) < 4.78 is 5.93. The minimum atomic E-state index is -0.0995. The number of anilines is 1. The van der Waals surface area contributed by atoms with Gasteiger partial charge in [0.05, 0.1) is 6.04 Å². The van der Waals surface area contributed by atoms with Gasteiger partial charge in [0.1, 0.15) is 0 Å². The molecule has 6 heteroatoms. The summed E-state index contributed by atoms with van der Waals surface area (Å²) in [5, 5.41) is 0. The van der Waals surface area contributed by atoms with Crippen LogP contribution in [-0.4, -0.2) is 67.0 Å². The number of hydrogen-bond acceptors (Lipinski definition) is 5. The van der Waals surface area contributed by atoms with E-state index in [1.165, 1.54) is 18.7 Å². The molecular weight excluding hydrogens is 352 g/mol. The number of benzene rings is 1. The van der Waals surface area contributed by atoms with Crippen LogP contribution in [0.2, 0.25) is 0 Å². The van der Waals surface area contributed by atoms with Crippen molar-refractivity contribution < 1.29 is 9.53 Å². The lowest BCUT2D eigenvalue weighted by Crippen LogP contribution is -2.33. The number of aliphatic imine (C=N–C) groups is 1. The van der Waals surface area contributed by atoms with Crippen molar-refractivity contribution in [2.45, 2.75) is 33.2 Å². The zero-order valence-electron chi connectivity index (χ0n) is 17.1. The molecule has 3 atom stereocenters. The Morgan fingerprint density at radius 2 is 1.93 bits per heavy atom. The number of likely N-dealkylation sites (N-methyl/N-ethyl adjacent to an activating group) is 1. The van der Waals surface area contributed by atoms with E-state index < -0.39 is 0 Å². The number of amides is 1. The van der Waals surface area contributed by atoms with Crippen LogP contribution < -0.4 is 4.90 Å². The van der Waals surface area contributed by atoms with E-state index >= 15 is 0 Å². The average molecular weight is 383 g/mol. The summed E-state index contributed by atoms with van der Waals surface area (Å²) in [4.78, 5) is 24.0. The van der Waals surface area contributed by atoms with E-state index in [0.717, 1.165) is 31.7 Å². The second-order valence-electron chi connectivity index (χ2n) is 7.71. The number of hydrogen-bond donors (Lipinski definition) is 0. The largest absolute Gasteiger partial charge is 0.420 e. The summed E-state index contributed by atoms with van der Waals surface area (Å²) in [6.07, 6.45) is 3.02. The van der Waals surface area contributed by atoms with Crippen molar-refractivity contribution in [3.63, 3.8) is 0 Å². The number of nitrogens with zero attached hydrogens (tertiary/aromatic N) is 4. The summed E-state index contributed by atoms with van der Waals surface area (Å²) in [5.74, 6) is 0.864. The number of carbonyl (C=O) groups is 1. The molecule has 1 amide bonds. The van der Waals surface area contributed by atoms with Crippen LogP contribution >= 0.6 is 0 Å². The Morgan fingerprint density at radius 3 is 2.50 bits per heavy atom. The molecule has 3 fully saturated rings. The Balaban J connectivity index is 1.52. The van der Waals surface area contributed by atoms with Crippen molar-refractivity contribution in [3.8, 4) is 0 Å². The number of ether oxygens (including phenoxy) is 1. The molecule has 3 saturated heterocycles. The van der Waals surface area contributed by atoms with Gasteiger partial charge < -0.3 is 14.5 Å². The molecule has 3 aliphatic heterocycles. The summed E-state index contributed by atoms with van der Waals surface area (Å²) in [5.41, 5.74) is 2.15. The van der Waals surface area contributed by atoms with Gasteiger partial charge >= 0.3 is 6.02 Å². The maximum atomic E-state index is 12.8. The summed E-state index contributed by atoms with van der Waals surface area (Å²) in [6.45, 7) is 12.1. The van der Waals surface area contributed by atoms with Gasteiger partial charge in [-0.3, -0.25) is 9.69 Å². The Morgan fingerprint density at radius 1 is 1.18 bits per heavy atom. The standard InChI is InChI=1S/C22H30N4O2/c1-4-25(5-2)18-9-7-16(8-10-18)13-20-21(27)26(6-3)22(28-20)23-19-15-24-12-11-17(19)14-24/h7-10,13,17,19H,4-6,11-12,14-15H2,1-3H3/b20-13+,23-22+. The number of carbonyl (C=O) groups excluding carboxylic acids is 1. The van der Waals surface area contributed by atoms with Crippen molar-refractivity contribution in [2.24, 2.45) is 10.9 Å². The van der Waals surface area contributed by atoms with Gasteiger partial charge in [0, 0.05) is 38.4 Å². The van der Waals surface area contributed by atoms with Crippen LogP contribution in [0.5, 0.6) is 0 Å². The van der Waals surface area contributed by atoms with Crippen LogP contribution in [-0.2, 0) is 9.53 Å². The first kappa shape index (κ1) is 19.0. The first-order chi connectivity index (χ1) is 13.6. The second kappa shape index (κ2) is 7.95. The van der Waals surface area contributed by atoms with Crippen molar-refractivity contribution >= 4 is 23.7 Å². The topological polar surface area (TPSA) is 48.4 Å². The molecule has 3 aliphatic rings. The molecule has 28 heavy (non-hydrogen) atoms. The van der Waals surface area contributed by atoms with Crippen LogP contribution in [0.1, 0.15) is 32.8 Å². The van der Waals surface area contributed by atoms with Gasteiger partial charge in [0.25, 0.3) is 5.91 Å². The highest BCUT2D eigenvalue weighted by Gasteiger charge is 2.40. The molecular formula is C22H30N4O2. The van der Waals surface area contributed by atoms with Gasteiger partial charge in [-0.05, 0) is 63.4 Å². The number of rotatable bonds is 6. The third kappa shape index (κ3) is 3.53. The molecule has 0 saturated carbocycles. The molecule has 3 unspecified atom stereocenters. The van der Waals surface area contributed by atoms with Gasteiger partial charge in [-0.1, -0.05) is 12.1 Å². The third-order valence-electron chi connectivity index (χ3n) is 6.10. The molecule has 3 heterocycles. The SMILES string of the molecule is CCN1C(=O)/C(=C\c2ccc(N(CC)CC)cc2)O/C1=N/C1CN2CCC1C2. The molecule has 1 aromatic rings. The van der Waals surface area contributed by atoms with Gasteiger partial charge in [0.15, 0.2) is 5.76 Å².